The first-order chi connectivity index (χ1) is 9.28. The molecule has 0 bridgehead atoms. The number of alkyl halides is 1. The summed E-state index contributed by atoms with van der Waals surface area (Å²) in [5.41, 5.74) is 2.12. The lowest BCUT2D eigenvalue weighted by molar-refractivity contribution is 0.320. The molecule has 0 spiro atoms. The molecule has 1 aromatic carbocycles. The minimum atomic E-state index is 0.457. The van der Waals surface area contributed by atoms with E-state index in [2.05, 4.69) is 15.6 Å². The third-order valence-electron chi connectivity index (χ3n) is 4.07. The lowest BCUT2D eigenvalue weighted by Crippen LogP contribution is -2.15. The second-order valence-electron chi connectivity index (χ2n) is 5.41. The van der Waals surface area contributed by atoms with E-state index in [1.54, 1.807) is 0 Å². The maximum absolute atomic E-state index is 6.04. The molecular weight excluding hydrogens is 279 g/mol. The molecule has 1 saturated carbocycles. The van der Waals surface area contributed by atoms with Gasteiger partial charge >= 0.3 is 0 Å². The average molecular weight is 297 g/mol. The maximum atomic E-state index is 6.04. The first-order valence-electron chi connectivity index (χ1n) is 6.98. The van der Waals surface area contributed by atoms with Crippen molar-refractivity contribution in [3.8, 4) is 0 Å². The largest absolute Gasteiger partial charge is 0.327 e. The summed E-state index contributed by atoms with van der Waals surface area (Å²) in [5.74, 6) is 2.19. The van der Waals surface area contributed by atoms with Gasteiger partial charge in [-0.1, -0.05) is 30.9 Å². The monoisotopic (exact) mass is 296 g/mol. The average Bonchev–Trinajstić information content (AvgIpc) is 2.77. The van der Waals surface area contributed by atoms with E-state index in [-0.39, 0.29) is 0 Å². The minimum absolute atomic E-state index is 0.457. The second-order valence-corrected chi connectivity index (χ2v) is 6.11. The van der Waals surface area contributed by atoms with Crippen LogP contribution in [0.2, 0.25) is 5.02 Å². The summed E-state index contributed by atoms with van der Waals surface area (Å²) in [5, 5.41) is 0.732. The van der Waals surface area contributed by atoms with Gasteiger partial charge in [-0.2, -0.15) is 0 Å². The van der Waals surface area contributed by atoms with Crippen molar-refractivity contribution in [2.75, 3.05) is 0 Å². The van der Waals surface area contributed by atoms with E-state index in [1.807, 2.05) is 12.1 Å². The van der Waals surface area contributed by atoms with Gasteiger partial charge in [-0.25, -0.2) is 4.98 Å². The minimum Gasteiger partial charge on any atom is -0.327 e. The molecule has 0 atom stereocenters. The third kappa shape index (κ3) is 2.75. The number of fused-ring (bicyclic) bond motifs is 1. The van der Waals surface area contributed by atoms with Gasteiger partial charge in [0.1, 0.15) is 5.82 Å². The Hall–Kier alpha value is -0.730. The van der Waals surface area contributed by atoms with E-state index >= 15 is 0 Å². The summed E-state index contributed by atoms with van der Waals surface area (Å²) in [6.45, 7) is 1.04. The Morgan fingerprint density at radius 1 is 1.21 bits per heavy atom. The Morgan fingerprint density at radius 3 is 2.74 bits per heavy atom. The second kappa shape index (κ2) is 5.72. The van der Waals surface area contributed by atoms with E-state index in [0.717, 1.165) is 34.3 Å². The number of nitrogens with zero attached hydrogens (tertiary/aromatic N) is 2. The van der Waals surface area contributed by atoms with Gasteiger partial charge in [-0.05, 0) is 37.0 Å². The lowest BCUT2D eigenvalue weighted by atomic mass is 9.89. The van der Waals surface area contributed by atoms with Crippen molar-refractivity contribution in [3.05, 3.63) is 29.0 Å². The van der Waals surface area contributed by atoms with Crippen molar-refractivity contribution in [3.63, 3.8) is 0 Å². The van der Waals surface area contributed by atoms with Crippen LogP contribution in [0.3, 0.4) is 0 Å². The maximum Gasteiger partial charge on any atom is 0.124 e. The highest BCUT2D eigenvalue weighted by atomic mass is 35.5. The Morgan fingerprint density at radius 2 is 2.00 bits per heavy atom. The molecule has 2 nitrogen and oxygen atoms in total. The number of aromatic nitrogens is 2. The van der Waals surface area contributed by atoms with Gasteiger partial charge in [0.15, 0.2) is 0 Å². The molecule has 1 heterocycles. The Kier molecular flexibility index (Phi) is 3.99. The molecule has 1 fully saturated rings. The van der Waals surface area contributed by atoms with Crippen LogP contribution in [-0.2, 0) is 12.4 Å². The van der Waals surface area contributed by atoms with Crippen LogP contribution >= 0.6 is 23.2 Å². The molecule has 2 aromatic rings. The third-order valence-corrected chi connectivity index (χ3v) is 4.55. The van der Waals surface area contributed by atoms with E-state index in [0.29, 0.717) is 5.88 Å². The molecule has 0 unspecified atom stereocenters. The molecule has 0 N–H and O–H groups in total. The number of benzene rings is 1. The fourth-order valence-electron chi connectivity index (χ4n) is 3.09. The van der Waals surface area contributed by atoms with Crippen molar-refractivity contribution in [1.82, 2.24) is 9.55 Å². The summed E-state index contributed by atoms with van der Waals surface area (Å²) in [6.07, 6.45) is 6.77. The molecule has 1 aromatic heterocycles. The number of imidazole rings is 1. The number of halogens is 2. The molecule has 3 rings (SSSR count). The highest BCUT2D eigenvalue weighted by Crippen LogP contribution is 2.28. The molecule has 19 heavy (non-hydrogen) atoms. The van der Waals surface area contributed by atoms with Crippen molar-refractivity contribution < 1.29 is 0 Å². The fourth-order valence-corrected chi connectivity index (χ4v) is 3.46. The van der Waals surface area contributed by atoms with Gasteiger partial charge in [-0.3, -0.25) is 0 Å². The summed E-state index contributed by atoms with van der Waals surface area (Å²) in [4.78, 5) is 4.60. The van der Waals surface area contributed by atoms with E-state index in [9.17, 15) is 0 Å². The Bertz CT molecular complexity index is 571. The topological polar surface area (TPSA) is 17.8 Å². The van der Waals surface area contributed by atoms with Crippen LogP contribution < -0.4 is 0 Å². The van der Waals surface area contributed by atoms with Crippen molar-refractivity contribution in [2.24, 2.45) is 5.92 Å². The van der Waals surface area contributed by atoms with Crippen molar-refractivity contribution in [1.29, 1.82) is 0 Å². The van der Waals surface area contributed by atoms with Crippen LogP contribution in [-0.4, -0.2) is 9.55 Å². The highest BCUT2D eigenvalue weighted by molar-refractivity contribution is 6.31. The standard InChI is InChI=1S/C15H18Cl2N2/c16-9-15-18-13-8-12(17)6-7-14(13)19(15)10-11-4-2-1-3-5-11/h6-8,11H,1-5,9-10H2. The first-order valence-corrected chi connectivity index (χ1v) is 7.90. The van der Waals surface area contributed by atoms with Crippen LogP contribution in [0.15, 0.2) is 18.2 Å². The van der Waals surface area contributed by atoms with Gasteiger partial charge in [-0.15, -0.1) is 11.6 Å². The SMILES string of the molecule is ClCc1nc2cc(Cl)ccc2n1CC1CCCCC1. The Labute approximate surface area is 123 Å². The lowest BCUT2D eigenvalue weighted by Gasteiger charge is -2.23. The molecule has 102 valence electrons. The van der Waals surface area contributed by atoms with Crippen LogP contribution in [0.1, 0.15) is 37.9 Å². The van der Waals surface area contributed by atoms with Gasteiger partial charge in [0.25, 0.3) is 0 Å². The summed E-state index contributed by atoms with van der Waals surface area (Å²) < 4.78 is 2.29. The molecule has 1 aliphatic carbocycles. The van der Waals surface area contributed by atoms with E-state index < -0.39 is 0 Å². The molecule has 0 saturated heterocycles. The molecule has 4 heteroatoms. The molecular formula is C15H18Cl2N2. The quantitative estimate of drug-likeness (QED) is 0.728. The van der Waals surface area contributed by atoms with Crippen molar-refractivity contribution >= 4 is 34.2 Å². The molecule has 1 aliphatic rings. The number of hydrogen-bond donors (Lipinski definition) is 0. The molecule has 0 radical (unpaired) electrons. The van der Waals surface area contributed by atoms with Crippen LogP contribution in [0, 0.1) is 5.92 Å². The number of hydrogen-bond acceptors (Lipinski definition) is 1. The van der Waals surface area contributed by atoms with Crippen LogP contribution in [0.4, 0.5) is 0 Å². The number of rotatable bonds is 3. The normalized spacial score (nSPS) is 17.2. The zero-order valence-electron chi connectivity index (χ0n) is 10.9. The van der Waals surface area contributed by atoms with Gasteiger partial charge in [0.05, 0.1) is 16.9 Å². The highest BCUT2D eigenvalue weighted by Gasteiger charge is 2.17. The van der Waals surface area contributed by atoms with Crippen LogP contribution in [0.25, 0.3) is 11.0 Å². The first kappa shape index (κ1) is 13.3. The zero-order valence-corrected chi connectivity index (χ0v) is 12.4. The smallest absolute Gasteiger partial charge is 0.124 e. The van der Waals surface area contributed by atoms with Gasteiger partial charge in [0, 0.05) is 11.6 Å². The van der Waals surface area contributed by atoms with Gasteiger partial charge in [0.2, 0.25) is 0 Å². The predicted molar refractivity (Wildman–Crippen MR) is 80.9 cm³/mol. The summed E-state index contributed by atoms with van der Waals surface area (Å²) >= 11 is 12.1. The summed E-state index contributed by atoms with van der Waals surface area (Å²) in [7, 11) is 0. The summed E-state index contributed by atoms with van der Waals surface area (Å²) in [6, 6.07) is 5.91. The van der Waals surface area contributed by atoms with Gasteiger partial charge < -0.3 is 4.57 Å². The predicted octanol–water partition coefficient (Wildman–Crippen LogP) is 5.01. The fraction of sp³-hybridized carbons (Fsp3) is 0.533. The Balaban J connectivity index is 1.95. The van der Waals surface area contributed by atoms with E-state index in [4.69, 9.17) is 23.2 Å². The van der Waals surface area contributed by atoms with Crippen LogP contribution in [0.5, 0.6) is 0 Å². The van der Waals surface area contributed by atoms with E-state index in [1.165, 1.54) is 32.1 Å². The van der Waals surface area contributed by atoms with Crippen molar-refractivity contribution in [2.45, 2.75) is 44.5 Å². The molecule has 0 aliphatic heterocycles. The molecule has 0 amide bonds. The zero-order chi connectivity index (χ0) is 13.2.